The van der Waals surface area contributed by atoms with Gasteiger partial charge in [-0.25, -0.2) is 4.79 Å². The van der Waals surface area contributed by atoms with Crippen molar-refractivity contribution in [2.24, 2.45) is 0 Å². The Bertz CT molecular complexity index is 823. The second kappa shape index (κ2) is 6.51. The van der Waals surface area contributed by atoms with Crippen molar-refractivity contribution >= 4 is 22.8 Å². The lowest BCUT2D eigenvalue weighted by atomic mass is 10.1. The molecule has 0 bridgehead atoms. The number of fused-ring (bicyclic) bond motifs is 1. The molecule has 2 rings (SSSR count). The molecule has 0 saturated carbocycles. The number of hydrogen-bond donors (Lipinski definition) is 2. The van der Waals surface area contributed by atoms with Crippen LogP contribution in [0, 0.1) is 13.8 Å². The van der Waals surface area contributed by atoms with Gasteiger partial charge in [-0.05, 0) is 38.5 Å². The Morgan fingerprint density at radius 2 is 2.00 bits per heavy atom. The lowest BCUT2D eigenvalue weighted by molar-refractivity contribution is -0.141. The molecule has 0 radical (unpaired) electrons. The van der Waals surface area contributed by atoms with E-state index in [0.717, 1.165) is 10.9 Å². The molecule has 1 atom stereocenters. The predicted octanol–water partition coefficient (Wildman–Crippen LogP) is 1.38. The number of aryl methyl sites for hydroxylation is 1. The first-order valence-electron chi connectivity index (χ1n) is 6.98. The zero-order chi connectivity index (χ0) is 17.1. The lowest BCUT2D eigenvalue weighted by Crippen LogP contribution is -2.40. The second-order valence-corrected chi connectivity index (χ2v) is 5.21. The van der Waals surface area contributed by atoms with Crippen molar-refractivity contribution in [2.45, 2.75) is 26.8 Å². The van der Waals surface area contributed by atoms with E-state index < -0.39 is 23.5 Å². The molecular weight excluding hydrogens is 302 g/mol. The van der Waals surface area contributed by atoms with Gasteiger partial charge in [0.2, 0.25) is 0 Å². The SMILES string of the molecule is Cc1c(C)c2ccc(OCC(=O)NC(C)C(=O)O)cc2oc1=O. The summed E-state index contributed by atoms with van der Waals surface area (Å²) in [6.45, 7) is 4.54. The molecule has 1 aromatic carbocycles. The summed E-state index contributed by atoms with van der Waals surface area (Å²) in [5.74, 6) is -1.33. The zero-order valence-electron chi connectivity index (χ0n) is 13.0. The molecule has 0 aliphatic carbocycles. The first-order chi connectivity index (χ1) is 10.8. The predicted molar refractivity (Wildman–Crippen MR) is 82.7 cm³/mol. The van der Waals surface area contributed by atoms with E-state index >= 15 is 0 Å². The topological polar surface area (TPSA) is 106 Å². The molecule has 1 unspecified atom stereocenters. The third-order valence-corrected chi connectivity index (χ3v) is 3.55. The highest BCUT2D eigenvalue weighted by Gasteiger charge is 2.14. The van der Waals surface area contributed by atoms with Gasteiger partial charge in [0.25, 0.3) is 5.91 Å². The van der Waals surface area contributed by atoms with Crippen LogP contribution in [-0.2, 0) is 9.59 Å². The smallest absolute Gasteiger partial charge is 0.339 e. The molecule has 0 fully saturated rings. The number of aliphatic carboxylic acids is 1. The number of carbonyl (C=O) groups is 2. The van der Waals surface area contributed by atoms with Gasteiger partial charge in [-0.2, -0.15) is 0 Å². The largest absolute Gasteiger partial charge is 0.484 e. The van der Waals surface area contributed by atoms with Crippen molar-refractivity contribution in [2.75, 3.05) is 6.61 Å². The normalized spacial score (nSPS) is 12.0. The number of carbonyl (C=O) groups excluding carboxylic acids is 1. The summed E-state index contributed by atoms with van der Waals surface area (Å²) in [7, 11) is 0. The number of rotatable bonds is 5. The molecule has 1 heterocycles. The standard InChI is InChI=1S/C16H17NO6/c1-8-9(2)16(21)23-13-6-11(4-5-12(8)13)22-7-14(18)17-10(3)15(19)20/h4-6,10H,7H2,1-3H3,(H,17,18)(H,19,20). The van der Waals surface area contributed by atoms with E-state index in [1.165, 1.54) is 13.0 Å². The van der Waals surface area contributed by atoms with Crippen LogP contribution in [0.2, 0.25) is 0 Å². The molecule has 7 nitrogen and oxygen atoms in total. The Labute approximate surface area is 131 Å². The third kappa shape index (κ3) is 3.68. The molecule has 0 aliphatic heterocycles. The maximum Gasteiger partial charge on any atom is 0.339 e. The van der Waals surface area contributed by atoms with Gasteiger partial charge in [-0.1, -0.05) is 0 Å². The molecule has 0 saturated heterocycles. The van der Waals surface area contributed by atoms with Crippen molar-refractivity contribution < 1.29 is 23.8 Å². The highest BCUT2D eigenvalue weighted by molar-refractivity contribution is 5.84. The Morgan fingerprint density at radius 3 is 2.65 bits per heavy atom. The van der Waals surface area contributed by atoms with Gasteiger partial charge < -0.3 is 19.6 Å². The number of ether oxygens (including phenoxy) is 1. The minimum atomic E-state index is -1.13. The van der Waals surface area contributed by atoms with Crippen LogP contribution in [0.3, 0.4) is 0 Å². The summed E-state index contributed by atoms with van der Waals surface area (Å²) >= 11 is 0. The Morgan fingerprint density at radius 1 is 1.30 bits per heavy atom. The summed E-state index contributed by atoms with van der Waals surface area (Å²) in [5.41, 5.74) is 1.33. The van der Waals surface area contributed by atoms with Gasteiger partial charge in [0.1, 0.15) is 17.4 Å². The average molecular weight is 319 g/mol. The molecule has 122 valence electrons. The minimum Gasteiger partial charge on any atom is -0.484 e. The van der Waals surface area contributed by atoms with E-state index in [1.807, 2.05) is 6.92 Å². The van der Waals surface area contributed by atoms with Gasteiger partial charge in [-0.15, -0.1) is 0 Å². The molecule has 2 aromatic rings. The van der Waals surface area contributed by atoms with E-state index in [1.54, 1.807) is 19.1 Å². The molecule has 1 amide bonds. The summed E-state index contributed by atoms with van der Waals surface area (Å²) in [6.07, 6.45) is 0. The van der Waals surface area contributed by atoms with Crippen molar-refractivity contribution in [3.8, 4) is 5.75 Å². The van der Waals surface area contributed by atoms with Crippen LogP contribution >= 0.6 is 0 Å². The van der Waals surface area contributed by atoms with Crippen LogP contribution in [0.5, 0.6) is 5.75 Å². The second-order valence-electron chi connectivity index (χ2n) is 5.21. The van der Waals surface area contributed by atoms with Crippen LogP contribution in [0.1, 0.15) is 18.1 Å². The van der Waals surface area contributed by atoms with Gasteiger partial charge in [0.05, 0.1) is 0 Å². The van der Waals surface area contributed by atoms with Crippen LogP contribution in [-0.4, -0.2) is 29.6 Å². The minimum absolute atomic E-state index is 0.335. The van der Waals surface area contributed by atoms with E-state index in [0.29, 0.717) is 16.9 Å². The van der Waals surface area contributed by atoms with E-state index in [-0.39, 0.29) is 6.61 Å². The summed E-state index contributed by atoms with van der Waals surface area (Å²) in [4.78, 5) is 33.9. The van der Waals surface area contributed by atoms with Crippen LogP contribution in [0.25, 0.3) is 11.0 Å². The fourth-order valence-corrected chi connectivity index (χ4v) is 2.01. The molecule has 0 spiro atoms. The van der Waals surface area contributed by atoms with Gasteiger partial charge in [0, 0.05) is 17.0 Å². The summed E-state index contributed by atoms with van der Waals surface area (Å²) in [5, 5.41) is 11.8. The monoisotopic (exact) mass is 319 g/mol. The number of nitrogens with one attached hydrogen (secondary N) is 1. The van der Waals surface area contributed by atoms with E-state index in [9.17, 15) is 14.4 Å². The quantitative estimate of drug-likeness (QED) is 0.806. The van der Waals surface area contributed by atoms with Crippen LogP contribution in [0.4, 0.5) is 0 Å². The van der Waals surface area contributed by atoms with E-state index in [4.69, 9.17) is 14.3 Å². The Kier molecular flexibility index (Phi) is 4.68. The number of carboxylic acids is 1. The summed E-state index contributed by atoms with van der Waals surface area (Å²) in [6, 6.07) is 3.93. The van der Waals surface area contributed by atoms with Crippen molar-refractivity contribution in [1.82, 2.24) is 5.32 Å². The molecular formula is C16H17NO6. The molecule has 1 aromatic heterocycles. The van der Waals surface area contributed by atoms with Gasteiger partial charge in [-0.3, -0.25) is 9.59 Å². The number of benzene rings is 1. The number of carboxylic acid groups (broad SMARTS) is 1. The molecule has 2 N–H and O–H groups in total. The molecule has 0 aliphatic rings. The zero-order valence-corrected chi connectivity index (χ0v) is 13.0. The Hall–Kier alpha value is -2.83. The van der Waals surface area contributed by atoms with E-state index in [2.05, 4.69) is 5.32 Å². The highest BCUT2D eigenvalue weighted by Crippen LogP contribution is 2.23. The maximum atomic E-state index is 11.7. The summed E-state index contributed by atoms with van der Waals surface area (Å²) < 4.78 is 10.5. The highest BCUT2D eigenvalue weighted by atomic mass is 16.5. The third-order valence-electron chi connectivity index (χ3n) is 3.55. The number of amides is 1. The average Bonchev–Trinajstić information content (AvgIpc) is 2.50. The number of hydrogen-bond acceptors (Lipinski definition) is 5. The van der Waals surface area contributed by atoms with Crippen molar-refractivity contribution in [1.29, 1.82) is 0 Å². The first kappa shape index (κ1) is 16.5. The first-order valence-corrected chi connectivity index (χ1v) is 6.98. The molecule has 23 heavy (non-hydrogen) atoms. The van der Waals surface area contributed by atoms with Crippen LogP contribution in [0.15, 0.2) is 27.4 Å². The fraction of sp³-hybridized carbons (Fsp3) is 0.312. The lowest BCUT2D eigenvalue weighted by Gasteiger charge is -2.11. The fourth-order valence-electron chi connectivity index (χ4n) is 2.01. The van der Waals surface area contributed by atoms with Gasteiger partial charge >= 0.3 is 11.6 Å². The van der Waals surface area contributed by atoms with Gasteiger partial charge in [0.15, 0.2) is 6.61 Å². The van der Waals surface area contributed by atoms with Crippen molar-refractivity contribution in [3.05, 3.63) is 39.7 Å². The maximum absolute atomic E-state index is 11.7. The Balaban J connectivity index is 2.13. The van der Waals surface area contributed by atoms with Crippen LogP contribution < -0.4 is 15.7 Å². The molecule has 7 heteroatoms. The van der Waals surface area contributed by atoms with Crippen molar-refractivity contribution in [3.63, 3.8) is 0 Å².